The van der Waals surface area contributed by atoms with Gasteiger partial charge in [-0.1, -0.05) is 18.2 Å². The highest BCUT2D eigenvalue weighted by molar-refractivity contribution is 7.18. The zero-order chi connectivity index (χ0) is 17.2. The molecule has 128 valence electrons. The van der Waals surface area contributed by atoms with Crippen LogP contribution in [0, 0.1) is 0 Å². The molecule has 1 aliphatic heterocycles. The lowest BCUT2D eigenvalue weighted by atomic mass is 10.0. The number of hydrazone groups is 1. The molecule has 2 aromatic carbocycles. The van der Waals surface area contributed by atoms with Gasteiger partial charge in [-0.25, -0.2) is 4.98 Å². The first-order valence-corrected chi connectivity index (χ1v) is 9.30. The van der Waals surface area contributed by atoms with E-state index in [0.29, 0.717) is 5.92 Å². The van der Waals surface area contributed by atoms with Crippen molar-refractivity contribution in [2.75, 3.05) is 20.7 Å². The molecule has 0 aliphatic carbocycles. The minimum absolute atomic E-state index is 0.386. The smallest absolute Gasteiger partial charge is 0.119 e. The molecule has 1 unspecified atom stereocenters. The predicted molar refractivity (Wildman–Crippen MR) is 104 cm³/mol. The summed E-state index contributed by atoms with van der Waals surface area (Å²) in [6, 6.07) is 14.9. The number of nitrogens with zero attached hydrogens (tertiary/aromatic N) is 3. The van der Waals surface area contributed by atoms with Gasteiger partial charge in [0.25, 0.3) is 0 Å². The number of hydrogen-bond acceptors (Lipinski definition) is 5. The molecule has 1 aromatic heterocycles. The van der Waals surface area contributed by atoms with E-state index in [4.69, 9.17) is 9.72 Å². The molecule has 4 nitrogen and oxygen atoms in total. The van der Waals surface area contributed by atoms with Crippen LogP contribution in [0.1, 0.15) is 22.1 Å². The molecular formula is C20H21N3OS. The van der Waals surface area contributed by atoms with Gasteiger partial charge in [-0.05, 0) is 41.8 Å². The van der Waals surface area contributed by atoms with E-state index < -0.39 is 0 Å². The van der Waals surface area contributed by atoms with Crippen LogP contribution in [0.4, 0.5) is 0 Å². The number of ether oxygens (including phenoxy) is 1. The fourth-order valence-electron chi connectivity index (χ4n) is 3.17. The van der Waals surface area contributed by atoms with Crippen molar-refractivity contribution in [1.29, 1.82) is 0 Å². The van der Waals surface area contributed by atoms with Crippen LogP contribution in [0.5, 0.6) is 5.75 Å². The lowest BCUT2D eigenvalue weighted by Gasteiger charge is -2.09. The van der Waals surface area contributed by atoms with Gasteiger partial charge in [0.2, 0.25) is 0 Å². The maximum Gasteiger partial charge on any atom is 0.119 e. The van der Waals surface area contributed by atoms with Gasteiger partial charge >= 0.3 is 0 Å². The van der Waals surface area contributed by atoms with Gasteiger partial charge in [-0.2, -0.15) is 5.10 Å². The summed E-state index contributed by atoms with van der Waals surface area (Å²) >= 11 is 1.80. The lowest BCUT2D eigenvalue weighted by molar-refractivity contribution is 0.381. The van der Waals surface area contributed by atoms with Crippen molar-refractivity contribution in [2.24, 2.45) is 5.10 Å². The van der Waals surface area contributed by atoms with Crippen molar-refractivity contribution in [1.82, 2.24) is 9.99 Å². The second kappa shape index (κ2) is 6.84. The standard InChI is InChI=1S/C20H21N3OS/c1-23-13-16(12-21-23)15-7-8-18-19(11-15)25-20(22-18)9-6-14-4-3-5-17(10-14)24-2/h3-5,7-8,10-12,16H,6,9,13H2,1-2H3. The highest BCUT2D eigenvalue weighted by Crippen LogP contribution is 2.28. The van der Waals surface area contributed by atoms with E-state index in [1.165, 1.54) is 20.8 Å². The molecule has 3 aromatic rings. The lowest BCUT2D eigenvalue weighted by Crippen LogP contribution is -2.11. The molecule has 0 bridgehead atoms. The average molecular weight is 351 g/mol. The third-order valence-corrected chi connectivity index (χ3v) is 5.63. The zero-order valence-corrected chi connectivity index (χ0v) is 15.3. The molecule has 4 rings (SSSR count). The Balaban J connectivity index is 1.50. The molecule has 0 radical (unpaired) electrons. The number of likely N-dealkylation sites (N-methyl/N-ethyl adjacent to an activating group) is 1. The SMILES string of the molecule is COc1cccc(CCc2nc3ccc(C4C=NN(C)C4)cc3s2)c1. The Labute approximate surface area is 151 Å². The number of thiazole rings is 1. The molecule has 0 saturated carbocycles. The van der Waals surface area contributed by atoms with E-state index in [9.17, 15) is 0 Å². The van der Waals surface area contributed by atoms with Gasteiger partial charge in [0, 0.05) is 32.1 Å². The van der Waals surface area contributed by atoms with Crippen LogP contribution < -0.4 is 4.74 Å². The Morgan fingerprint density at radius 1 is 1.20 bits per heavy atom. The molecular weight excluding hydrogens is 330 g/mol. The molecule has 0 N–H and O–H groups in total. The summed E-state index contributed by atoms with van der Waals surface area (Å²) in [5.41, 5.74) is 3.70. The Morgan fingerprint density at radius 3 is 2.92 bits per heavy atom. The second-order valence-electron chi connectivity index (χ2n) is 6.40. The normalized spacial score (nSPS) is 16.7. The number of fused-ring (bicyclic) bond motifs is 1. The van der Waals surface area contributed by atoms with Gasteiger partial charge in [-0.15, -0.1) is 11.3 Å². The van der Waals surface area contributed by atoms with Gasteiger partial charge in [0.05, 0.1) is 22.3 Å². The van der Waals surface area contributed by atoms with E-state index in [-0.39, 0.29) is 0 Å². The minimum Gasteiger partial charge on any atom is -0.497 e. The summed E-state index contributed by atoms with van der Waals surface area (Å²) < 4.78 is 6.56. The average Bonchev–Trinajstić information content (AvgIpc) is 3.25. The Kier molecular flexibility index (Phi) is 4.40. The van der Waals surface area contributed by atoms with E-state index >= 15 is 0 Å². The molecule has 5 heteroatoms. The van der Waals surface area contributed by atoms with Crippen LogP contribution >= 0.6 is 11.3 Å². The molecule has 0 amide bonds. The quantitative estimate of drug-likeness (QED) is 0.694. The summed E-state index contributed by atoms with van der Waals surface area (Å²) in [7, 11) is 3.72. The molecule has 1 aliphatic rings. The second-order valence-corrected chi connectivity index (χ2v) is 7.51. The Hall–Kier alpha value is -2.40. The van der Waals surface area contributed by atoms with Crippen LogP contribution in [0.25, 0.3) is 10.2 Å². The monoisotopic (exact) mass is 351 g/mol. The summed E-state index contributed by atoms with van der Waals surface area (Å²) in [6.45, 7) is 0.951. The maximum absolute atomic E-state index is 5.30. The number of aromatic nitrogens is 1. The first-order valence-electron chi connectivity index (χ1n) is 8.49. The third-order valence-electron chi connectivity index (χ3n) is 4.55. The molecule has 0 saturated heterocycles. The van der Waals surface area contributed by atoms with Crippen molar-refractivity contribution in [3.05, 3.63) is 58.6 Å². The van der Waals surface area contributed by atoms with Crippen LogP contribution in [0.2, 0.25) is 0 Å². The number of rotatable bonds is 5. The molecule has 2 heterocycles. The van der Waals surface area contributed by atoms with Crippen molar-refractivity contribution >= 4 is 27.8 Å². The minimum atomic E-state index is 0.386. The number of aryl methyl sites for hydroxylation is 2. The summed E-state index contributed by atoms with van der Waals surface area (Å²) in [6.07, 6.45) is 3.96. The van der Waals surface area contributed by atoms with E-state index in [0.717, 1.165) is 30.7 Å². The predicted octanol–water partition coefficient (Wildman–Crippen LogP) is 4.10. The number of benzene rings is 2. The van der Waals surface area contributed by atoms with Gasteiger partial charge in [0.15, 0.2) is 0 Å². The highest BCUT2D eigenvalue weighted by atomic mass is 32.1. The van der Waals surface area contributed by atoms with Gasteiger partial charge < -0.3 is 4.74 Å². The fraction of sp³-hybridized carbons (Fsp3) is 0.300. The molecule has 0 spiro atoms. The van der Waals surface area contributed by atoms with Gasteiger partial charge in [0.1, 0.15) is 5.75 Å². The molecule has 25 heavy (non-hydrogen) atoms. The highest BCUT2D eigenvalue weighted by Gasteiger charge is 2.17. The van der Waals surface area contributed by atoms with Crippen molar-refractivity contribution < 1.29 is 4.74 Å². The van der Waals surface area contributed by atoms with Crippen LogP contribution in [0.15, 0.2) is 47.6 Å². The summed E-state index contributed by atoms with van der Waals surface area (Å²) in [5, 5.41) is 7.52. The topological polar surface area (TPSA) is 37.7 Å². The van der Waals surface area contributed by atoms with E-state index in [2.05, 4.69) is 35.4 Å². The number of methoxy groups -OCH3 is 1. The van der Waals surface area contributed by atoms with Crippen LogP contribution in [-0.2, 0) is 12.8 Å². The summed E-state index contributed by atoms with van der Waals surface area (Å²) in [5.74, 6) is 1.30. The van der Waals surface area contributed by atoms with Crippen LogP contribution in [-0.4, -0.2) is 36.9 Å². The Morgan fingerprint density at radius 2 is 2.12 bits per heavy atom. The fourth-order valence-corrected chi connectivity index (χ4v) is 4.19. The largest absolute Gasteiger partial charge is 0.497 e. The number of hydrogen-bond donors (Lipinski definition) is 0. The first-order chi connectivity index (χ1) is 12.2. The molecule has 0 fully saturated rings. The summed E-state index contributed by atoms with van der Waals surface area (Å²) in [4.78, 5) is 4.80. The zero-order valence-electron chi connectivity index (χ0n) is 14.5. The Bertz CT molecular complexity index is 918. The molecule has 1 atom stereocenters. The van der Waals surface area contributed by atoms with E-state index in [1.807, 2.05) is 30.4 Å². The maximum atomic E-state index is 5.30. The van der Waals surface area contributed by atoms with Crippen LogP contribution in [0.3, 0.4) is 0 Å². The van der Waals surface area contributed by atoms with Gasteiger partial charge in [-0.3, -0.25) is 5.01 Å². The van der Waals surface area contributed by atoms with E-state index in [1.54, 1.807) is 18.4 Å². The van der Waals surface area contributed by atoms with Crippen molar-refractivity contribution in [3.8, 4) is 5.75 Å². The van der Waals surface area contributed by atoms with Crippen molar-refractivity contribution in [2.45, 2.75) is 18.8 Å². The van der Waals surface area contributed by atoms with Crippen molar-refractivity contribution in [3.63, 3.8) is 0 Å². The first kappa shape index (κ1) is 16.1. The third kappa shape index (κ3) is 3.51.